The van der Waals surface area contributed by atoms with Crippen LogP contribution in [0.2, 0.25) is 4.34 Å². The molecular weight excluding hydrogens is 533 g/mol. The first kappa shape index (κ1) is 25.4. The molecule has 168 valence electrons. The van der Waals surface area contributed by atoms with Crippen LogP contribution < -0.4 is 5.32 Å². The van der Waals surface area contributed by atoms with Gasteiger partial charge in [-0.3, -0.25) is 9.89 Å². The fourth-order valence-corrected chi connectivity index (χ4v) is 4.70. The predicted octanol–water partition coefficient (Wildman–Crippen LogP) is 4.93. The summed E-state index contributed by atoms with van der Waals surface area (Å²) in [4.78, 5) is 15.3. The Labute approximate surface area is 206 Å². The smallest absolute Gasteiger partial charge is 0.208 e. The predicted molar refractivity (Wildman–Crippen MR) is 136 cm³/mol. The maximum atomic E-state index is 6.06. The van der Waals surface area contributed by atoms with Crippen molar-refractivity contribution in [2.75, 3.05) is 33.2 Å². The highest BCUT2D eigenvalue weighted by Gasteiger charge is 2.21. The molecule has 0 atom stereocenters. The molecule has 9 heteroatoms. The van der Waals surface area contributed by atoms with Crippen molar-refractivity contribution in [2.45, 2.75) is 46.7 Å². The van der Waals surface area contributed by atoms with E-state index >= 15 is 0 Å². The maximum Gasteiger partial charge on any atom is 0.208 e. The Kier molecular flexibility index (Phi) is 10.4. The van der Waals surface area contributed by atoms with E-state index in [0.29, 0.717) is 5.92 Å². The molecule has 2 aromatic rings. The second-order valence-corrected chi connectivity index (χ2v) is 9.52. The number of aliphatic imine (C=N–C) groups is 1. The van der Waals surface area contributed by atoms with Gasteiger partial charge in [0.05, 0.1) is 23.1 Å². The molecule has 0 amide bonds. The topological polar surface area (TPSA) is 56.9 Å². The maximum absolute atomic E-state index is 6.06. The standard InChI is InChI=1S/C21H32ClN5OS.HI/c1-5-23-21(26(4)13-18-6-7-19(22)29-18)24-12-17-8-10-27(11-9-17)14-20-25-15(2)16(3)28-20;/h6-7,17H,5,8-14H2,1-4H3,(H,23,24);1H. The number of hydrogen-bond donors (Lipinski definition) is 1. The molecule has 1 N–H and O–H groups in total. The zero-order chi connectivity index (χ0) is 20.8. The van der Waals surface area contributed by atoms with Crippen molar-refractivity contribution in [1.29, 1.82) is 0 Å². The summed E-state index contributed by atoms with van der Waals surface area (Å²) in [5, 5.41) is 3.41. The summed E-state index contributed by atoms with van der Waals surface area (Å²) in [5.41, 5.74) is 0.995. The summed E-state index contributed by atoms with van der Waals surface area (Å²) in [6.07, 6.45) is 2.32. The molecule has 0 radical (unpaired) electrons. The Morgan fingerprint density at radius 2 is 2.10 bits per heavy atom. The van der Waals surface area contributed by atoms with Crippen LogP contribution in [0.3, 0.4) is 0 Å². The van der Waals surface area contributed by atoms with Crippen LogP contribution in [0.15, 0.2) is 21.5 Å². The van der Waals surface area contributed by atoms with Gasteiger partial charge in [-0.2, -0.15) is 0 Å². The van der Waals surface area contributed by atoms with Gasteiger partial charge in [0, 0.05) is 25.0 Å². The molecule has 0 spiro atoms. The molecule has 1 saturated heterocycles. The number of oxazole rings is 1. The van der Waals surface area contributed by atoms with Crippen molar-refractivity contribution in [3.05, 3.63) is 38.7 Å². The number of nitrogens with one attached hydrogen (secondary N) is 1. The van der Waals surface area contributed by atoms with Crippen LogP contribution in [-0.2, 0) is 13.1 Å². The van der Waals surface area contributed by atoms with Crippen LogP contribution in [0.4, 0.5) is 0 Å². The molecule has 0 saturated carbocycles. The number of rotatable bonds is 7. The highest BCUT2D eigenvalue weighted by molar-refractivity contribution is 14.0. The SMILES string of the molecule is CCNC(=NCC1CCN(Cc2nc(C)c(C)o2)CC1)N(C)Cc1ccc(Cl)s1.I. The Morgan fingerprint density at radius 3 is 2.67 bits per heavy atom. The average Bonchev–Trinajstić information content (AvgIpc) is 3.24. The van der Waals surface area contributed by atoms with Gasteiger partial charge in [0.25, 0.3) is 0 Å². The first-order valence-electron chi connectivity index (χ1n) is 10.3. The minimum atomic E-state index is 0. The van der Waals surface area contributed by atoms with Crippen molar-refractivity contribution in [3.63, 3.8) is 0 Å². The molecule has 3 rings (SSSR count). The number of nitrogens with zero attached hydrogens (tertiary/aromatic N) is 4. The van der Waals surface area contributed by atoms with E-state index in [1.807, 2.05) is 19.9 Å². The summed E-state index contributed by atoms with van der Waals surface area (Å²) < 4.78 is 6.56. The zero-order valence-electron chi connectivity index (χ0n) is 18.3. The molecule has 6 nitrogen and oxygen atoms in total. The van der Waals surface area contributed by atoms with Gasteiger partial charge in [0.15, 0.2) is 5.96 Å². The summed E-state index contributed by atoms with van der Waals surface area (Å²) in [5.74, 6) is 3.35. The second-order valence-electron chi connectivity index (χ2n) is 7.73. The lowest BCUT2D eigenvalue weighted by Crippen LogP contribution is -2.39. The van der Waals surface area contributed by atoms with Crippen LogP contribution >= 0.6 is 46.9 Å². The number of hydrogen-bond acceptors (Lipinski definition) is 5. The van der Waals surface area contributed by atoms with E-state index < -0.39 is 0 Å². The Morgan fingerprint density at radius 1 is 1.37 bits per heavy atom. The zero-order valence-corrected chi connectivity index (χ0v) is 22.2. The van der Waals surface area contributed by atoms with Crippen LogP contribution in [-0.4, -0.2) is 54.0 Å². The Bertz CT molecular complexity index is 797. The van der Waals surface area contributed by atoms with E-state index in [2.05, 4.69) is 40.1 Å². The molecule has 1 fully saturated rings. The van der Waals surface area contributed by atoms with Crippen LogP contribution in [0.25, 0.3) is 0 Å². The molecule has 3 heterocycles. The van der Waals surface area contributed by atoms with Gasteiger partial charge in [-0.05, 0) is 64.8 Å². The van der Waals surface area contributed by atoms with Gasteiger partial charge in [-0.1, -0.05) is 11.6 Å². The van der Waals surface area contributed by atoms with Crippen molar-refractivity contribution in [2.24, 2.45) is 10.9 Å². The van der Waals surface area contributed by atoms with Crippen molar-refractivity contribution >= 4 is 52.9 Å². The molecule has 1 aliphatic rings. The highest BCUT2D eigenvalue weighted by Crippen LogP contribution is 2.23. The third-order valence-corrected chi connectivity index (χ3v) is 6.57. The van der Waals surface area contributed by atoms with Gasteiger partial charge in [-0.25, -0.2) is 4.98 Å². The molecular formula is C21H33ClIN5OS. The van der Waals surface area contributed by atoms with Crippen molar-refractivity contribution in [3.8, 4) is 0 Å². The minimum absolute atomic E-state index is 0. The molecule has 0 bridgehead atoms. The van der Waals surface area contributed by atoms with E-state index in [-0.39, 0.29) is 24.0 Å². The minimum Gasteiger partial charge on any atom is -0.444 e. The second kappa shape index (κ2) is 12.3. The third kappa shape index (κ3) is 7.39. The first-order valence-corrected chi connectivity index (χ1v) is 11.5. The molecule has 1 aliphatic heterocycles. The van der Waals surface area contributed by atoms with E-state index in [1.54, 1.807) is 11.3 Å². The largest absolute Gasteiger partial charge is 0.444 e. The lowest BCUT2D eigenvalue weighted by molar-refractivity contribution is 0.166. The number of thiophene rings is 1. The van der Waals surface area contributed by atoms with E-state index in [9.17, 15) is 0 Å². The van der Waals surface area contributed by atoms with Crippen LogP contribution in [0.1, 0.15) is 42.0 Å². The normalized spacial score (nSPS) is 15.8. The highest BCUT2D eigenvalue weighted by atomic mass is 127. The summed E-state index contributed by atoms with van der Waals surface area (Å²) in [6.45, 7) is 11.6. The molecule has 30 heavy (non-hydrogen) atoms. The lowest BCUT2D eigenvalue weighted by atomic mass is 9.97. The number of piperidine rings is 1. The van der Waals surface area contributed by atoms with Crippen molar-refractivity contribution < 1.29 is 4.42 Å². The average molecular weight is 566 g/mol. The third-order valence-electron chi connectivity index (χ3n) is 5.36. The van der Waals surface area contributed by atoms with Gasteiger partial charge in [-0.15, -0.1) is 35.3 Å². The van der Waals surface area contributed by atoms with Crippen LogP contribution in [0, 0.1) is 19.8 Å². The fraction of sp³-hybridized carbons (Fsp3) is 0.619. The van der Waals surface area contributed by atoms with E-state index in [4.69, 9.17) is 21.0 Å². The molecule has 0 unspecified atom stereocenters. The quantitative estimate of drug-likeness (QED) is 0.293. The number of aryl methyl sites for hydroxylation is 2. The number of halogens is 2. The molecule has 2 aromatic heterocycles. The summed E-state index contributed by atoms with van der Waals surface area (Å²) in [6, 6.07) is 4.04. The monoisotopic (exact) mass is 565 g/mol. The number of likely N-dealkylation sites (tertiary alicyclic amines) is 1. The molecule has 0 aromatic carbocycles. The number of guanidine groups is 1. The van der Waals surface area contributed by atoms with Crippen molar-refractivity contribution in [1.82, 2.24) is 20.1 Å². The van der Waals surface area contributed by atoms with Gasteiger partial charge in [0.1, 0.15) is 5.76 Å². The number of aromatic nitrogens is 1. The van der Waals surface area contributed by atoms with Gasteiger partial charge < -0.3 is 14.6 Å². The van der Waals surface area contributed by atoms with Gasteiger partial charge >= 0.3 is 0 Å². The van der Waals surface area contributed by atoms with E-state index in [1.165, 1.54) is 4.88 Å². The lowest BCUT2D eigenvalue weighted by Gasteiger charge is -2.30. The van der Waals surface area contributed by atoms with Crippen LogP contribution in [0.5, 0.6) is 0 Å². The first-order chi connectivity index (χ1) is 13.9. The summed E-state index contributed by atoms with van der Waals surface area (Å²) in [7, 11) is 2.08. The molecule has 0 aliphatic carbocycles. The summed E-state index contributed by atoms with van der Waals surface area (Å²) >= 11 is 7.68. The fourth-order valence-electron chi connectivity index (χ4n) is 3.56. The Hall–Kier alpha value is -0.840. The van der Waals surface area contributed by atoms with E-state index in [0.717, 1.165) is 79.8 Å². The van der Waals surface area contributed by atoms with Gasteiger partial charge in [0.2, 0.25) is 5.89 Å². The Balaban J connectivity index is 0.00000320.